The van der Waals surface area contributed by atoms with Crippen molar-refractivity contribution in [3.8, 4) is 6.07 Å². The summed E-state index contributed by atoms with van der Waals surface area (Å²) in [6, 6.07) is 8.18. The molecule has 1 rings (SSSR count). The standard InChI is InChI=1S/C15H22N2O2/c1-12-9-14(10-16)5-6-15(12)17(7-8-18-3)13(2)11-19-4/h5-6,9,13H,7-8,11H2,1-4H3. The number of ether oxygens (including phenoxy) is 2. The Bertz CT molecular complexity index is 440. The Morgan fingerprint density at radius 3 is 2.58 bits per heavy atom. The van der Waals surface area contributed by atoms with Gasteiger partial charge in [0.2, 0.25) is 0 Å². The van der Waals surface area contributed by atoms with E-state index in [1.165, 1.54) is 0 Å². The third-order valence-electron chi connectivity index (χ3n) is 3.11. The average Bonchev–Trinajstić information content (AvgIpc) is 2.40. The monoisotopic (exact) mass is 262 g/mol. The van der Waals surface area contributed by atoms with Gasteiger partial charge >= 0.3 is 0 Å². The van der Waals surface area contributed by atoms with Gasteiger partial charge in [-0.15, -0.1) is 0 Å². The number of hydrogen-bond donors (Lipinski definition) is 0. The molecule has 0 aliphatic heterocycles. The molecule has 0 saturated heterocycles. The van der Waals surface area contributed by atoms with Crippen LogP contribution >= 0.6 is 0 Å². The summed E-state index contributed by atoms with van der Waals surface area (Å²) in [5, 5.41) is 8.92. The highest BCUT2D eigenvalue weighted by atomic mass is 16.5. The topological polar surface area (TPSA) is 45.5 Å². The maximum atomic E-state index is 8.92. The van der Waals surface area contributed by atoms with Crippen molar-refractivity contribution in [2.45, 2.75) is 19.9 Å². The summed E-state index contributed by atoms with van der Waals surface area (Å²) in [6.45, 7) is 6.26. The van der Waals surface area contributed by atoms with Crippen LogP contribution in [0.5, 0.6) is 0 Å². The summed E-state index contributed by atoms with van der Waals surface area (Å²) in [5.41, 5.74) is 2.91. The van der Waals surface area contributed by atoms with Gasteiger partial charge in [0.15, 0.2) is 0 Å². The van der Waals surface area contributed by atoms with E-state index < -0.39 is 0 Å². The van der Waals surface area contributed by atoms with Gasteiger partial charge in [-0.05, 0) is 37.6 Å². The molecule has 19 heavy (non-hydrogen) atoms. The molecule has 1 unspecified atom stereocenters. The van der Waals surface area contributed by atoms with E-state index in [1.807, 2.05) is 25.1 Å². The highest BCUT2D eigenvalue weighted by Crippen LogP contribution is 2.23. The van der Waals surface area contributed by atoms with Gasteiger partial charge in [0.05, 0.1) is 24.8 Å². The van der Waals surface area contributed by atoms with Crippen molar-refractivity contribution < 1.29 is 9.47 Å². The Morgan fingerprint density at radius 2 is 2.05 bits per heavy atom. The van der Waals surface area contributed by atoms with Crippen molar-refractivity contribution in [3.63, 3.8) is 0 Å². The zero-order valence-electron chi connectivity index (χ0n) is 12.1. The third kappa shape index (κ3) is 4.23. The fourth-order valence-corrected chi connectivity index (χ4v) is 2.15. The van der Waals surface area contributed by atoms with Gasteiger partial charge in [0, 0.05) is 32.5 Å². The van der Waals surface area contributed by atoms with Crippen LogP contribution in [0.2, 0.25) is 0 Å². The molecule has 1 aromatic rings. The minimum Gasteiger partial charge on any atom is -0.383 e. The quantitative estimate of drug-likeness (QED) is 0.756. The van der Waals surface area contributed by atoms with E-state index in [0.29, 0.717) is 18.8 Å². The van der Waals surface area contributed by atoms with Gasteiger partial charge < -0.3 is 14.4 Å². The third-order valence-corrected chi connectivity index (χ3v) is 3.11. The molecule has 0 radical (unpaired) electrons. The van der Waals surface area contributed by atoms with E-state index in [2.05, 4.69) is 17.9 Å². The molecule has 104 valence electrons. The van der Waals surface area contributed by atoms with Gasteiger partial charge in [-0.2, -0.15) is 5.26 Å². The van der Waals surface area contributed by atoms with Crippen LogP contribution in [0.3, 0.4) is 0 Å². The smallest absolute Gasteiger partial charge is 0.0991 e. The molecule has 0 saturated carbocycles. The number of nitriles is 1. The summed E-state index contributed by atoms with van der Waals surface area (Å²) in [7, 11) is 3.40. The Labute approximate surface area is 115 Å². The molecule has 4 nitrogen and oxygen atoms in total. The van der Waals surface area contributed by atoms with Crippen molar-refractivity contribution >= 4 is 5.69 Å². The van der Waals surface area contributed by atoms with E-state index in [9.17, 15) is 0 Å². The number of anilines is 1. The zero-order valence-corrected chi connectivity index (χ0v) is 12.1. The Hall–Kier alpha value is -1.57. The molecule has 4 heteroatoms. The molecule has 1 atom stereocenters. The molecule has 0 bridgehead atoms. The fraction of sp³-hybridized carbons (Fsp3) is 0.533. The maximum absolute atomic E-state index is 8.92. The Balaban J connectivity index is 2.99. The second-order valence-electron chi connectivity index (χ2n) is 4.60. The number of nitrogens with zero attached hydrogens (tertiary/aromatic N) is 2. The highest BCUT2D eigenvalue weighted by Gasteiger charge is 2.16. The van der Waals surface area contributed by atoms with E-state index in [0.717, 1.165) is 17.8 Å². The first-order valence-corrected chi connectivity index (χ1v) is 6.39. The van der Waals surface area contributed by atoms with Gasteiger partial charge in [-0.25, -0.2) is 0 Å². The first-order chi connectivity index (χ1) is 9.13. The molecule has 0 amide bonds. The van der Waals surface area contributed by atoms with Crippen LogP contribution in [0.15, 0.2) is 18.2 Å². The maximum Gasteiger partial charge on any atom is 0.0991 e. The molecule has 0 aliphatic rings. The predicted octanol–water partition coefficient (Wildman–Crippen LogP) is 2.35. The fourth-order valence-electron chi connectivity index (χ4n) is 2.15. The molecule has 0 spiro atoms. The van der Waals surface area contributed by atoms with Crippen LogP contribution in [-0.2, 0) is 9.47 Å². The van der Waals surface area contributed by atoms with Gasteiger partial charge in [-0.1, -0.05) is 0 Å². The zero-order chi connectivity index (χ0) is 14.3. The second kappa shape index (κ2) is 7.78. The first-order valence-electron chi connectivity index (χ1n) is 6.39. The molecular formula is C15H22N2O2. The Kier molecular flexibility index (Phi) is 6.34. The molecule has 1 aromatic carbocycles. The van der Waals surface area contributed by atoms with Crippen LogP contribution in [0.25, 0.3) is 0 Å². The number of methoxy groups -OCH3 is 2. The molecule has 0 N–H and O–H groups in total. The van der Waals surface area contributed by atoms with Gasteiger partial charge in [0.1, 0.15) is 0 Å². The lowest BCUT2D eigenvalue weighted by Gasteiger charge is -2.32. The minimum absolute atomic E-state index is 0.256. The summed E-state index contributed by atoms with van der Waals surface area (Å²) < 4.78 is 10.4. The Morgan fingerprint density at radius 1 is 1.32 bits per heavy atom. The second-order valence-corrected chi connectivity index (χ2v) is 4.60. The summed E-state index contributed by atoms with van der Waals surface area (Å²) in [5.74, 6) is 0. The van der Waals surface area contributed by atoms with Gasteiger partial charge in [0.25, 0.3) is 0 Å². The van der Waals surface area contributed by atoms with Crippen LogP contribution in [0.1, 0.15) is 18.1 Å². The van der Waals surface area contributed by atoms with Gasteiger partial charge in [-0.3, -0.25) is 0 Å². The van der Waals surface area contributed by atoms with E-state index in [4.69, 9.17) is 14.7 Å². The van der Waals surface area contributed by atoms with Crippen LogP contribution in [0.4, 0.5) is 5.69 Å². The van der Waals surface area contributed by atoms with Crippen LogP contribution < -0.4 is 4.90 Å². The molecule has 0 fully saturated rings. The highest BCUT2D eigenvalue weighted by molar-refractivity contribution is 5.56. The predicted molar refractivity (Wildman–Crippen MR) is 76.5 cm³/mol. The lowest BCUT2D eigenvalue weighted by atomic mass is 10.1. The average molecular weight is 262 g/mol. The van der Waals surface area contributed by atoms with Crippen molar-refractivity contribution in [2.24, 2.45) is 0 Å². The van der Waals surface area contributed by atoms with E-state index >= 15 is 0 Å². The van der Waals surface area contributed by atoms with E-state index in [1.54, 1.807) is 14.2 Å². The normalized spacial score (nSPS) is 11.9. The molecule has 0 heterocycles. The lowest BCUT2D eigenvalue weighted by molar-refractivity contribution is 0.171. The summed E-state index contributed by atoms with van der Waals surface area (Å²) in [4.78, 5) is 2.25. The molecule has 0 aliphatic carbocycles. The number of benzene rings is 1. The lowest BCUT2D eigenvalue weighted by Crippen LogP contribution is -2.39. The van der Waals surface area contributed by atoms with Crippen molar-refractivity contribution in [3.05, 3.63) is 29.3 Å². The minimum atomic E-state index is 0.256. The first kappa shape index (κ1) is 15.5. The number of hydrogen-bond acceptors (Lipinski definition) is 4. The van der Waals surface area contributed by atoms with Crippen molar-refractivity contribution in [1.29, 1.82) is 5.26 Å². The van der Waals surface area contributed by atoms with E-state index in [-0.39, 0.29) is 6.04 Å². The SMILES string of the molecule is COCCN(c1ccc(C#N)cc1C)C(C)COC. The summed E-state index contributed by atoms with van der Waals surface area (Å²) in [6.07, 6.45) is 0. The van der Waals surface area contributed by atoms with Crippen molar-refractivity contribution in [1.82, 2.24) is 0 Å². The van der Waals surface area contributed by atoms with Crippen LogP contribution in [-0.4, -0.2) is 40.0 Å². The summed E-state index contributed by atoms with van der Waals surface area (Å²) >= 11 is 0. The van der Waals surface area contributed by atoms with Crippen molar-refractivity contribution in [2.75, 3.05) is 38.9 Å². The largest absolute Gasteiger partial charge is 0.383 e. The number of aryl methyl sites for hydroxylation is 1. The van der Waals surface area contributed by atoms with Crippen LogP contribution in [0, 0.1) is 18.3 Å². The number of rotatable bonds is 7. The molecular weight excluding hydrogens is 240 g/mol. The molecule has 0 aromatic heterocycles.